The third-order valence-corrected chi connectivity index (χ3v) is 6.23. The van der Waals surface area contributed by atoms with E-state index in [1.54, 1.807) is 24.3 Å². The van der Waals surface area contributed by atoms with Crippen molar-refractivity contribution in [2.24, 2.45) is 0 Å². The van der Waals surface area contributed by atoms with Gasteiger partial charge in [0.25, 0.3) is 0 Å². The molecule has 28 heavy (non-hydrogen) atoms. The van der Waals surface area contributed by atoms with Crippen LogP contribution in [0, 0.1) is 20.8 Å². The number of rotatable bonds is 4. The fourth-order valence-corrected chi connectivity index (χ4v) is 4.82. The lowest BCUT2D eigenvalue weighted by molar-refractivity contribution is -0.118. The third-order valence-electron chi connectivity index (χ3n) is 5.33. The number of aromatic nitrogens is 4. The smallest absolute Gasteiger partial charge is 0.244 e. The van der Waals surface area contributed by atoms with E-state index in [2.05, 4.69) is 27.4 Å². The summed E-state index contributed by atoms with van der Waals surface area (Å²) in [6.07, 6.45) is 11.5. The van der Waals surface area contributed by atoms with E-state index in [1.807, 2.05) is 23.6 Å². The number of imidazole rings is 1. The summed E-state index contributed by atoms with van der Waals surface area (Å²) in [5.41, 5.74) is 1.28. The van der Waals surface area contributed by atoms with Crippen LogP contribution in [0.4, 0.5) is 0 Å². The molecule has 0 saturated heterocycles. The molecule has 4 rings (SSSR count). The first-order chi connectivity index (χ1) is 13.5. The van der Waals surface area contributed by atoms with Crippen LogP contribution in [0.2, 0.25) is 0 Å². The zero-order valence-corrected chi connectivity index (χ0v) is 17.3. The molecule has 0 spiro atoms. The topological polar surface area (TPSA) is 85.3 Å². The van der Waals surface area contributed by atoms with E-state index < -0.39 is 5.54 Å². The lowest BCUT2D eigenvalue weighted by Crippen LogP contribution is -2.45. The van der Waals surface area contributed by atoms with Crippen LogP contribution in [0.3, 0.4) is 0 Å². The number of carbonyl (C=O) groups is 1. The summed E-state index contributed by atoms with van der Waals surface area (Å²) in [5, 5.41) is 7.34. The highest BCUT2D eigenvalue weighted by atomic mass is 32.1. The summed E-state index contributed by atoms with van der Waals surface area (Å²) in [4.78, 5) is 24.0. The number of fused-ring (bicyclic) bond motifs is 1. The molecule has 7 nitrogen and oxygen atoms in total. The first-order valence-electron chi connectivity index (χ1n) is 9.73. The zero-order valence-electron chi connectivity index (χ0n) is 16.5. The molecule has 1 saturated carbocycles. The van der Waals surface area contributed by atoms with Gasteiger partial charge in [-0.2, -0.15) is 4.98 Å². The highest BCUT2D eigenvalue weighted by Crippen LogP contribution is 2.34. The molecule has 1 fully saturated rings. The number of aryl methyl sites for hydroxylation is 3. The molecule has 0 aliphatic heterocycles. The van der Waals surface area contributed by atoms with Crippen molar-refractivity contribution in [3.8, 4) is 0 Å². The Kier molecular flexibility index (Phi) is 5.05. The van der Waals surface area contributed by atoms with Crippen molar-refractivity contribution in [2.45, 2.75) is 64.8 Å². The maximum Gasteiger partial charge on any atom is 0.244 e. The van der Waals surface area contributed by atoms with Gasteiger partial charge in [0.2, 0.25) is 11.8 Å². The van der Waals surface area contributed by atoms with E-state index in [1.165, 1.54) is 4.88 Å². The predicted molar refractivity (Wildman–Crippen MR) is 108 cm³/mol. The van der Waals surface area contributed by atoms with Crippen LogP contribution >= 0.6 is 11.3 Å². The molecule has 3 aromatic rings. The second-order valence-corrected chi connectivity index (χ2v) is 8.75. The number of thiazole rings is 1. The van der Waals surface area contributed by atoms with Crippen LogP contribution < -0.4 is 5.32 Å². The monoisotopic (exact) mass is 399 g/mol. The number of carbonyl (C=O) groups excluding carboxylic acids is 1. The van der Waals surface area contributed by atoms with Crippen LogP contribution in [0.5, 0.6) is 0 Å². The van der Waals surface area contributed by atoms with Crippen molar-refractivity contribution >= 4 is 28.3 Å². The predicted octanol–water partition coefficient (Wildman–Crippen LogP) is 4.08. The average Bonchev–Trinajstić information content (AvgIpc) is 3.24. The van der Waals surface area contributed by atoms with Gasteiger partial charge in [0.15, 0.2) is 10.8 Å². The van der Waals surface area contributed by atoms with Gasteiger partial charge >= 0.3 is 0 Å². The summed E-state index contributed by atoms with van der Waals surface area (Å²) >= 11 is 1.64. The maximum absolute atomic E-state index is 12.8. The Hall–Kier alpha value is -2.48. The number of amides is 1. The van der Waals surface area contributed by atoms with Crippen LogP contribution in [0.15, 0.2) is 16.8 Å². The Morgan fingerprint density at radius 3 is 2.64 bits per heavy atom. The Morgan fingerprint density at radius 2 is 1.96 bits per heavy atom. The first kappa shape index (κ1) is 18.9. The molecule has 0 bridgehead atoms. The Bertz CT molecular complexity index is 1020. The van der Waals surface area contributed by atoms with Gasteiger partial charge in [-0.3, -0.25) is 9.20 Å². The fraction of sp³-hybridized carbons (Fsp3) is 0.500. The van der Waals surface area contributed by atoms with Crippen molar-refractivity contribution in [2.75, 3.05) is 0 Å². The lowest BCUT2D eigenvalue weighted by Gasteiger charge is -2.30. The van der Waals surface area contributed by atoms with Gasteiger partial charge in [-0.1, -0.05) is 30.8 Å². The third kappa shape index (κ3) is 3.61. The van der Waals surface area contributed by atoms with E-state index in [4.69, 9.17) is 4.52 Å². The Balaban J connectivity index is 1.59. The number of nitrogens with zero attached hydrogens (tertiary/aromatic N) is 4. The van der Waals surface area contributed by atoms with Crippen molar-refractivity contribution < 1.29 is 9.32 Å². The standard InChI is InChI=1S/C20H25N5O2S/c1-13-12-25-16(14(2)21-19(25)28-13)8-9-17(26)23-20(10-6-4-5-7-11-20)18-22-15(3)27-24-18/h8-9,12H,4-7,10-11H2,1-3H3,(H,23,26). The molecule has 3 aromatic heterocycles. The van der Waals surface area contributed by atoms with Crippen molar-refractivity contribution in [1.82, 2.24) is 24.8 Å². The molecule has 1 aliphatic rings. The Morgan fingerprint density at radius 1 is 1.21 bits per heavy atom. The first-order valence-corrected chi connectivity index (χ1v) is 10.5. The highest BCUT2D eigenvalue weighted by molar-refractivity contribution is 7.17. The van der Waals surface area contributed by atoms with E-state index in [9.17, 15) is 4.79 Å². The SMILES string of the molecule is Cc1nc(C2(NC(=O)C=Cc3c(C)nc4sc(C)cn34)CCCCCC2)no1. The van der Waals surface area contributed by atoms with Crippen LogP contribution in [0.1, 0.15) is 66.5 Å². The van der Waals surface area contributed by atoms with Crippen molar-refractivity contribution in [3.05, 3.63) is 40.3 Å². The number of hydrogen-bond acceptors (Lipinski definition) is 6. The summed E-state index contributed by atoms with van der Waals surface area (Å²) < 4.78 is 7.24. The summed E-state index contributed by atoms with van der Waals surface area (Å²) in [7, 11) is 0. The van der Waals surface area contributed by atoms with Gasteiger partial charge in [0.05, 0.1) is 11.4 Å². The highest BCUT2D eigenvalue weighted by Gasteiger charge is 2.38. The molecule has 0 atom stereocenters. The van der Waals surface area contributed by atoms with Crippen molar-refractivity contribution in [1.29, 1.82) is 0 Å². The normalized spacial score (nSPS) is 17.2. The van der Waals surface area contributed by atoms with Crippen LogP contribution in [0.25, 0.3) is 11.0 Å². The van der Waals surface area contributed by atoms with E-state index in [0.717, 1.165) is 54.9 Å². The largest absolute Gasteiger partial charge is 0.340 e. The molecule has 148 valence electrons. The number of nitrogens with one attached hydrogen (secondary N) is 1. The summed E-state index contributed by atoms with van der Waals surface area (Å²) in [6, 6.07) is 0. The minimum absolute atomic E-state index is 0.148. The zero-order chi connectivity index (χ0) is 19.7. The minimum Gasteiger partial charge on any atom is -0.340 e. The quantitative estimate of drug-likeness (QED) is 0.528. The number of hydrogen-bond donors (Lipinski definition) is 1. The van der Waals surface area contributed by atoms with E-state index in [-0.39, 0.29) is 5.91 Å². The molecule has 0 aromatic carbocycles. The minimum atomic E-state index is -0.559. The lowest BCUT2D eigenvalue weighted by atomic mass is 9.89. The molecular formula is C20H25N5O2S. The molecule has 0 unspecified atom stereocenters. The molecule has 8 heteroatoms. The molecule has 1 N–H and O–H groups in total. The van der Waals surface area contributed by atoms with Gasteiger partial charge in [-0.15, -0.1) is 11.3 Å². The van der Waals surface area contributed by atoms with Gasteiger partial charge in [-0.05, 0) is 32.8 Å². The summed E-state index contributed by atoms with van der Waals surface area (Å²) in [6.45, 7) is 5.79. The van der Waals surface area contributed by atoms with Crippen LogP contribution in [-0.2, 0) is 10.3 Å². The second kappa shape index (κ2) is 7.50. The average molecular weight is 400 g/mol. The van der Waals surface area contributed by atoms with Crippen molar-refractivity contribution in [3.63, 3.8) is 0 Å². The van der Waals surface area contributed by atoms with Crippen LogP contribution in [-0.4, -0.2) is 25.4 Å². The molecular weight excluding hydrogens is 374 g/mol. The summed E-state index contributed by atoms with van der Waals surface area (Å²) in [5.74, 6) is 0.962. The molecule has 0 radical (unpaired) electrons. The fourth-order valence-electron chi connectivity index (χ4n) is 3.94. The van der Waals surface area contributed by atoms with Gasteiger partial charge in [0.1, 0.15) is 5.54 Å². The van der Waals surface area contributed by atoms with E-state index in [0.29, 0.717) is 11.7 Å². The molecule has 1 amide bonds. The van der Waals surface area contributed by atoms with Gasteiger partial charge in [0, 0.05) is 24.1 Å². The maximum atomic E-state index is 12.8. The second-order valence-electron chi connectivity index (χ2n) is 7.53. The van der Waals surface area contributed by atoms with E-state index >= 15 is 0 Å². The van der Waals surface area contributed by atoms with Gasteiger partial charge < -0.3 is 9.84 Å². The molecule has 3 heterocycles. The molecule has 1 aliphatic carbocycles. The Labute approximate surface area is 167 Å². The van der Waals surface area contributed by atoms with Gasteiger partial charge in [-0.25, -0.2) is 4.98 Å².